The number of nitrogens with zero attached hydrogens (tertiary/aromatic N) is 1. The molecule has 19 heavy (non-hydrogen) atoms. The molecule has 0 radical (unpaired) electrons. The molecule has 2 unspecified atom stereocenters. The number of hydrogen-bond donors (Lipinski definition) is 0. The van der Waals surface area contributed by atoms with Crippen LogP contribution in [0.25, 0.3) is 0 Å². The normalized spacial score (nSPS) is 32.4. The second kappa shape index (κ2) is 3.95. The van der Waals surface area contributed by atoms with E-state index in [9.17, 15) is 9.59 Å². The molecule has 3 fully saturated rings. The van der Waals surface area contributed by atoms with Crippen molar-refractivity contribution in [2.24, 2.45) is 5.41 Å². The van der Waals surface area contributed by atoms with E-state index in [4.69, 9.17) is 9.47 Å². The van der Waals surface area contributed by atoms with Crippen molar-refractivity contribution in [2.45, 2.75) is 57.8 Å². The minimum atomic E-state index is -0.458. The van der Waals surface area contributed by atoms with Gasteiger partial charge in [0.15, 0.2) is 5.78 Å². The molecule has 3 rings (SSSR count). The summed E-state index contributed by atoms with van der Waals surface area (Å²) >= 11 is 0. The zero-order chi connectivity index (χ0) is 13.8. The highest BCUT2D eigenvalue weighted by molar-refractivity contribution is 5.90. The molecule has 2 heterocycles. The lowest BCUT2D eigenvalue weighted by molar-refractivity contribution is -0.122. The minimum Gasteiger partial charge on any atom is -0.444 e. The number of ether oxygens (including phenoxy) is 2. The van der Waals surface area contributed by atoms with E-state index >= 15 is 0 Å². The van der Waals surface area contributed by atoms with E-state index in [2.05, 4.69) is 0 Å². The van der Waals surface area contributed by atoms with Crippen LogP contribution in [-0.4, -0.2) is 47.7 Å². The molecule has 1 amide bonds. The molecule has 2 saturated heterocycles. The molecule has 2 aliphatic heterocycles. The predicted octanol–water partition coefficient (Wildman–Crippen LogP) is 1.74. The second-order valence-electron chi connectivity index (χ2n) is 6.95. The number of ketones is 1. The molecule has 0 bridgehead atoms. The number of piperidine rings is 1. The number of fused-ring (bicyclic) bond motifs is 2. The molecule has 3 aliphatic rings. The second-order valence-corrected chi connectivity index (χ2v) is 6.95. The van der Waals surface area contributed by atoms with E-state index in [1.54, 1.807) is 4.90 Å². The molecule has 0 aromatic heterocycles. The van der Waals surface area contributed by atoms with Crippen LogP contribution in [0.5, 0.6) is 0 Å². The summed E-state index contributed by atoms with van der Waals surface area (Å²) in [5.41, 5.74) is -0.458. The molecule has 1 spiro atoms. The van der Waals surface area contributed by atoms with Gasteiger partial charge in [0.25, 0.3) is 0 Å². The summed E-state index contributed by atoms with van der Waals surface area (Å²) in [6.45, 7) is 6.93. The Balaban J connectivity index is 1.58. The minimum absolute atomic E-state index is 0.000260. The zero-order valence-corrected chi connectivity index (χ0v) is 11.8. The quantitative estimate of drug-likeness (QED) is 0.627. The van der Waals surface area contributed by atoms with Gasteiger partial charge in [-0.05, 0) is 33.6 Å². The van der Waals surface area contributed by atoms with Gasteiger partial charge in [-0.3, -0.25) is 4.79 Å². The lowest BCUT2D eigenvalue weighted by Gasteiger charge is -2.39. The number of carbonyl (C=O) groups is 2. The van der Waals surface area contributed by atoms with Crippen LogP contribution >= 0.6 is 0 Å². The molecule has 2 atom stereocenters. The van der Waals surface area contributed by atoms with Gasteiger partial charge in [0, 0.05) is 24.9 Å². The largest absolute Gasteiger partial charge is 0.444 e. The van der Waals surface area contributed by atoms with Crippen LogP contribution in [0, 0.1) is 5.41 Å². The third-order valence-corrected chi connectivity index (χ3v) is 4.35. The van der Waals surface area contributed by atoms with Gasteiger partial charge in [-0.25, -0.2) is 4.79 Å². The maximum atomic E-state index is 12.0. The first-order chi connectivity index (χ1) is 8.81. The Bertz CT molecular complexity index is 418. The Morgan fingerprint density at radius 2 is 2.00 bits per heavy atom. The van der Waals surface area contributed by atoms with Crippen molar-refractivity contribution in [1.82, 2.24) is 4.90 Å². The van der Waals surface area contributed by atoms with E-state index in [0.29, 0.717) is 19.5 Å². The summed E-state index contributed by atoms with van der Waals surface area (Å²) in [5.74, 6) is 0.246. The molecule has 106 valence electrons. The molecule has 5 nitrogen and oxygen atoms in total. The van der Waals surface area contributed by atoms with Crippen LogP contribution in [0.3, 0.4) is 0 Å². The van der Waals surface area contributed by atoms with Crippen LogP contribution < -0.4 is 0 Å². The first-order valence-corrected chi connectivity index (χ1v) is 6.97. The molecule has 1 aliphatic carbocycles. The Hall–Kier alpha value is -1.10. The first kappa shape index (κ1) is 12.9. The SMILES string of the molecule is CC(C)(C)OC(=O)N1CCC2(CC1)CC(=O)C1OC12. The number of epoxide rings is 1. The van der Waals surface area contributed by atoms with Crippen molar-refractivity contribution >= 4 is 11.9 Å². The molecule has 5 heteroatoms. The van der Waals surface area contributed by atoms with E-state index in [0.717, 1.165) is 12.8 Å². The molecule has 1 saturated carbocycles. The van der Waals surface area contributed by atoms with Crippen LogP contribution in [0.15, 0.2) is 0 Å². The maximum Gasteiger partial charge on any atom is 0.410 e. The number of Topliss-reactive ketones (excluding diaryl/α,β-unsaturated/α-hetero) is 1. The van der Waals surface area contributed by atoms with E-state index in [1.165, 1.54) is 0 Å². The number of rotatable bonds is 0. The van der Waals surface area contributed by atoms with Gasteiger partial charge in [0.05, 0.1) is 6.10 Å². The van der Waals surface area contributed by atoms with Crippen LogP contribution in [0.4, 0.5) is 4.79 Å². The first-order valence-electron chi connectivity index (χ1n) is 6.97. The highest BCUT2D eigenvalue weighted by Crippen LogP contribution is 2.55. The maximum absolute atomic E-state index is 12.0. The molecular formula is C14H21NO4. The van der Waals surface area contributed by atoms with Gasteiger partial charge in [-0.15, -0.1) is 0 Å². The van der Waals surface area contributed by atoms with Gasteiger partial charge in [0.2, 0.25) is 0 Å². The lowest BCUT2D eigenvalue weighted by atomic mass is 9.76. The average molecular weight is 267 g/mol. The molecule has 0 N–H and O–H groups in total. The Kier molecular flexibility index (Phi) is 2.68. The highest BCUT2D eigenvalue weighted by Gasteiger charge is 2.65. The molecule has 0 aromatic carbocycles. The zero-order valence-electron chi connectivity index (χ0n) is 11.8. The number of carbonyl (C=O) groups excluding carboxylic acids is 2. The Labute approximate surface area is 113 Å². The Morgan fingerprint density at radius 3 is 2.42 bits per heavy atom. The summed E-state index contributed by atoms with van der Waals surface area (Å²) in [6.07, 6.45) is 2.07. The van der Waals surface area contributed by atoms with Crippen LogP contribution in [0.1, 0.15) is 40.0 Å². The predicted molar refractivity (Wildman–Crippen MR) is 67.8 cm³/mol. The summed E-state index contributed by atoms with van der Waals surface area (Å²) in [7, 11) is 0. The number of amides is 1. The van der Waals surface area contributed by atoms with E-state index in [-0.39, 0.29) is 29.5 Å². The van der Waals surface area contributed by atoms with E-state index in [1.807, 2.05) is 20.8 Å². The molecular weight excluding hydrogens is 246 g/mol. The smallest absolute Gasteiger partial charge is 0.410 e. The third-order valence-electron chi connectivity index (χ3n) is 4.35. The summed E-state index contributed by atoms with van der Waals surface area (Å²) in [6, 6.07) is 0. The van der Waals surface area contributed by atoms with Gasteiger partial charge >= 0.3 is 6.09 Å². The van der Waals surface area contributed by atoms with Gasteiger partial charge < -0.3 is 14.4 Å². The third kappa shape index (κ3) is 2.24. The topological polar surface area (TPSA) is 59.1 Å². The summed E-state index contributed by atoms with van der Waals surface area (Å²) in [5, 5.41) is 0. The van der Waals surface area contributed by atoms with Crippen molar-refractivity contribution < 1.29 is 19.1 Å². The van der Waals surface area contributed by atoms with Crippen molar-refractivity contribution in [3.05, 3.63) is 0 Å². The van der Waals surface area contributed by atoms with E-state index < -0.39 is 5.60 Å². The summed E-state index contributed by atoms with van der Waals surface area (Å²) in [4.78, 5) is 25.4. The van der Waals surface area contributed by atoms with Gasteiger partial charge in [-0.2, -0.15) is 0 Å². The highest BCUT2D eigenvalue weighted by atomic mass is 16.6. The van der Waals surface area contributed by atoms with Gasteiger partial charge in [0.1, 0.15) is 11.7 Å². The fourth-order valence-corrected chi connectivity index (χ4v) is 3.29. The van der Waals surface area contributed by atoms with Crippen molar-refractivity contribution in [3.8, 4) is 0 Å². The Morgan fingerprint density at radius 1 is 1.37 bits per heavy atom. The summed E-state index contributed by atoms with van der Waals surface area (Å²) < 4.78 is 10.8. The van der Waals surface area contributed by atoms with Crippen molar-refractivity contribution in [1.29, 1.82) is 0 Å². The van der Waals surface area contributed by atoms with Crippen molar-refractivity contribution in [3.63, 3.8) is 0 Å². The van der Waals surface area contributed by atoms with Gasteiger partial charge in [-0.1, -0.05) is 0 Å². The number of likely N-dealkylation sites (tertiary alicyclic amines) is 1. The average Bonchev–Trinajstić information content (AvgIpc) is 3.03. The van der Waals surface area contributed by atoms with Crippen LogP contribution in [-0.2, 0) is 14.3 Å². The monoisotopic (exact) mass is 267 g/mol. The lowest BCUT2D eigenvalue weighted by Crippen LogP contribution is -2.46. The van der Waals surface area contributed by atoms with Crippen LogP contribution in [0.2, 0.25) is 0 Å². The number of hydrogen-bond acceptors (Lipinski definition) is 4. The molecule has 0 aromatic rings. The van der Waals surface area contributed by atoms with Crippen molar-refractivity contribution in [2.75, 3.05) is 13.1 Å². The standard InChI is InChI=1S/C14H21NO4/c1-13(2,3)19-12(17)15-6-4-14(5-7-15)8-9(16)10-11(14)18-10/h10-11H,4-8H2,1-3H3. The fourth-order valence-electron chi connectivity index (χ4n) is 3.29. The fraction of sp³-hybridized carbons (Fsp3) is 0.857.